The van der Waals surface area contributed by atoms with E-state index >= 15 is 0 Å². The molecule has 0 spiro atoms. The summed E-state index contributed by atoms with van der Waals surface area (Å²) < 4.78 is 5.45. The van der Waals surface area contributed by atoms with E-state index in [9.17, 15) is 0 Å². The largest absolute Gasteiger partial charge is 0.380 e. The van der Waals surface area contributed by atoms with E-state index in [2.05, 4.69) is 11.0 Å². The topological polar surface area (TPSA) is 51.4 Å². The number of pyridine rings is 1. The number of hydrogen-bond donors (Lipinski definition) is 1. The number of rotatable bonds is 3. The first kappa shape index (κ1) is 12.9. The molecular formula is C15H23N3O. The van der Waals surface area contributed by atoms with Gasteiger partial charge >= 0.3 is 0 Å². The summed E-state index contributed by atoms with van der Waals surface area (Å²) in [5, 5.41) is 0. The molecule has 0 aromatic carbocycles. The summed E-state index contributed by atoms with van der Waals surface area (Å²) >= 11 is 0. The first-order chi connectivity index (χ1) is 9.31. The molecule has 1 aromatic rings. The predicted molar refractivity (Wildman–Crippen MR) is 76.4 cm³/mol. The molecule has 1 saturated heterocycles. The number of fused-ring (bicyclic) bond motifs is 1. The van der Waals surface area contributed by atoms with E-state index in [1.165, 1.54) is 29.7 Å². The van der Waals surface area contributed by atoms with Gasteiger partial charge in [0.25, 0.3) is 0 Å². The van der Waals surface area contributed by atoms with Gasteiger partial charge in [-0.1, -0.05) is 0 Å². The number of hydrogen-bond acceptors (Lipinski definition) is 4. The Morgan fingerprint density at radius 2 is 2.26 bits per heavy atom. The molecule has 2 N–H and O–H groups in total. The quantitative estimate of drug-likeness (QED) is 0.899. The Balaban J connectivity index is 1.91. The van der Waals surface area contributed by atoms with Crippen molar-refractivity contribution in [3.63, 3.8) is 0 Å². The average Bonchev–Trinajstić information content (AvgIpc) is 2.94. The lowest BCUT2D eigenvalue weighted by molar-refractivity contribution is 0.121. The van der Waals surface area contributed by atoms with E-state index in [1.807, 2.05) is 0 Å². The zero-order valence-electron chi connectivity index (χ0n) is 11.7. The Morgan fingerprint density at radius 3 is 3.00 bits per heavy atom. The molecule has 1 fully saturated rings. The van der Waals surface area contributed by atoms with Crippen LogP contribution in [0.5, 0.6) is 0 Å². The van der Waals surface area contributed by atoms with Crippen molar-refractivity contribution in [1.29, 1.82) is 0 Å². The standard InChI is InChI=1S/C15H23N3O/c1-19-13-6-7-18(10-13)15-12(9-16)8-11-4-2-3-5-14(11)17-15/h8,13H,2-7,9-10,16H2,1H3. The summed E-state index contributed by atoms with van der Waals surface area (Å²) in [4.78, 5) is 7.26. The van der Waals surface area contributed by atoms with Gasteiger partial charge in [-0.15, -0.1) is 0 Å². The van der Waals surface area contributed by atoms with E-state index in [0.29, 0.717) is 12.6 Å². The highest BCUT2D eigenvalue weighted by Gasteiger charge is 2.26. The number of nitrogens with zero attached hydrogens (tertiary/aromatic N) is 2. The minimum Gasteiger partial charge on any atom is -0.380 e. The van der Waals surface area contributed by atoms with E-state index in [-0.39, 0.29) is 0 Å². The van der Waals surface area contributed by atoms with E-state index in [0.717, 1.165) is 38.2 Å². The Hall–Kier alpha value is -1.13. The second-order valence-electron chi connectivity index (χ2n) is 5.58. The van der Waals surface area contributed by atoms with Crippen molar-refractivity contribution >= 4 is 5.82 Å². The molecule has 1 unspecified atom stereocenters. The van der Waals surface area contributed by atoms with Crippen molar-refractivity contribution in [2.45, 2.75) is 44.8 Å². The normalized spacial score (nSPS) is 22.6. The van der Waals surface area contributed by atoms with Crippen molar-refractivity contribution in [2.75, 3.05) is 25.1 Å². The first-order valence-electron chi connectivity index (χ1n) is 7.31. The van der Waals surface area contributed by atoms with E-state index < -0.39 is 0 Å². The van der Waals surface area contributed by atoms with Crippen LogP contribution < -0.4 is 10.6 Å². The molecule has 3 rings (SSSR count). The van der Waals surface area contributed by atoms with Crippen LogP contribution in [0.2, 0.25) is 0 Å². The summed E-state index contributed by atoms with van der Waals surface area (Å²) in [5.74, 6) is 1.10. The number of aromatic nitrogens is 1. The molecule has 4 nitrogen and oxygen atoms in total. The third kappa shape index (κ3) is 2.47. The Morgan fingerprint density at radius 1 is 1.42 bits per heavy atom. The molecular weight excluding hydrogens is 238 g/mol. The van der Waals surface area contributed by atoms with Gasteiger partial charge < -0.3 is 15.4 Å². The Kier molecular flexibility index (Phi) is 3.71. The van der Waals surface area contributed by atoms with Crippen LogP contribution in [0.3, 0.4) is 0 Å². The van der Waals surface area contributed by atoms with Crippen LogP contribution in [0.25, 0.3) is 0 Å². The molecule has 1 aromatic heterocycles. The second-order valence-corrected chi connectivity index (χ2v) is 5.58. The van der Waals surface area contributed by atoms with Gasteiger partial charge in [0.1, 0.15) is 5.82 Å². The van der Waals surface area contributed by atoms with Gasteiger partial charge in [0.15, 0.2) is 0 Å². The second kappa shape index (κ2) is 5.47. The van der Waals surface area contributed by atoms with Gasteiger partial charge in [0.2, 0.25) is 0 Å². The fourth-order valence-corrected chi connectivity index (χ4v) is 3.21. The van der Waals surface area contributed by atoms with Crippen LogP contribution >= 0.6 is 0 Å². The van der Waals surface area contributed by atoms with Crippen LogP contribution in [0, 0.1) is 0 Å². The van der Waals surface area contributed by atoms with Crippen LogP contribution in [-0.2, 0) is 24.1 Å². The summed E-state index contributed by atoms with van der Waals surface area (Å²) in [7, 11) is 1.79. The van der Waals surface area contributed by atoms with Crippen molar-refractivity contribution < 1.29 is 4.74 Å². The highest BCUT2D eigenvalue weighted by molar-refractivity contribution is 5.51. The highest BCUT2D eigenvalue weighted by Crippen LogP contribution is 2.29. The minimum atomic E-state index is 0.337. The predicted octanol–water partition coefficient (Wildman–Crippen LogP) is 1.64. The van der Waals surface area contributed by atoms with Gasteiger partial charge in [-0.25, -0.2) is 4.98 Å². The molecule has 0 amide bonds. The van der Waals surface area contributed by atoms with Crippen LogP contribution in [0.4, 0.5) is 5.82 Å². The molecule has 0 radical (unpaired) electrons. The maximum atomic E-state index is 5.92. The van der Waals surface area contributed by atoms with Gasteiger partial charge in [0.05, 0.1) is 6.10 Å². The van der Waals surface area contributed by atoms with Crippen molar-refractivity contribution in [1.82, 2.24) is 4.98 Å². The van der Waals surface area contributed by atoms with Crippen molar-refractivity contribution in [3.05, 3.63) is 22.9 Å². The number of ether oxygens (including phenoxy) is 1. The molecule has 1 atom stereocenters. The summed E-state index contributed by atoms with van der Waals surface area (Å²) in [5.41, 5.74) is 9.82. The maximum Gasteiger partial charge on any atom is 0.133 e. The number of methoxy groups -OCH3 is 1. The molecule has 1 aliphatic carbocycles. The first-order valence-corrected chi connectivity index (χ1v) is 7.31. The van der Waals surface area contributed by atoms with Crippen LogP contribution in [0.1, 0.15) is 36.1 Å². The lowest BCUT2D eigenvalue weighted by atomic mass is 9.94. The smallest absolute Gasteiger partial charge is 0.133 e. The monoisotopic (exact) mass is 261 g/mol. The molecule has 104 valence electrons. The van der Waals surface area contributed by atoms with Crippen molar-refractivity contribution in [2.24, 2.45) is 5.73 Å². The summed E-state index contributed by atoms with van der Waals surface area (Å²) in [6.45, 7) is 2.54. The number of nitrogens with two attached hydrogens (primary N) is 1. The summed E-state index contributed by atoms with van der Waals surface area (Å²) in [6, 6.07) is 2.29. The van der Waals surface area contributed by atoms with Gasteiger partial charge in [-0.3, -0.25) is 0 Å². The van der Waals surface area contributed by atoms with Gasteiger partial charge in [-0.2, -0.15) is 0 Å². The van der Waals surface area contributed by atoms with Crippen LogP contribution in [0.15, 0.2) is 6.07 Å². The molecule has 4 heteroatoms. The zero-order valence-corrected chi connectivity index (χ0v) is 11.7. The third-order valence-corrected chi connectivity index (χ3v) is 4.35. The lowest BCUT2D eigenvalue weighted by Gasteiger charge is -2.24. The minimum absolute atomic E-state index is 0.337. The molecule has 0 bridgehead atoms. The van der Waals surface area contributed by atoms with Gasteiger partial charge in [-0.05, 0) is 43.7 Å². The van der Waals surface area contributed by atoms with E-state index in [4.69, 9.17) is 15.5 Å². The molecule has 0 saturated carbocycles. The fourth-order valence-electron chi connectivity index (χ4n) is 3.21. The number of anilines is 1. The van der Waals surface area contributed by atoms with E-state index in [1.54, 1.807) is 7.11 Å². The fraction of sp³-hybridized carbons (Fsp3) is 0.667. The summed E-state index contributed by atoms with van der Waals surface area (Å²) in [6.07, 6.45) is 6.25. The molecule has 2 aliphatic rings. The Labute approximate surface area is 115 Å². The molecule has 19 heavy (non-hydrogen) atoms. The van der Waals surface area contributed by atoms with Crippen LogP contribution in [-0.4, -0.2) is 31.3 Å². The molecule has 2 heterocycles. The van der Waals surface area contributed by atoms with Crippen molar-refractivity contribution in [3.8, 4) is 0 Å². The SMILES string of the molecule is COC1CCN(c2nc3c(cc2CN)CCCC3)C1. The zero-order chi connectivity index (χ0) is 13.2. The molecule has 1 aliphatic heterocycles. The Bertz CT molecular complexity index is 461. The maximum absolute atomic E-state index is 5.92. The lowest BCUT2D eigenvalue weighted by Crippen LogP contribution is -2.26. The van der Waals surface area contributed by atoms with Gasteiger partial charge in [0, 0.05) is 38.0 Å². The average molecular weight is 261 g/mol. The number of aryl methyl sites for hydroxylation is 2. The third-order valence-electron chi connectivity index (χ3n) is 4.35. The highest BCUT2D eigenvalue weighted by atomic mass is 16.5.